The van der Waals surface area contributed by atoms with Crippen molar-refractivity contribution in [3.05, 3.63) is 18.3 Å². The Morgan fingerprint density at radius 3 is 2.57 bits per heavy atom. The van der Waals surface area contributed by atoms with E-state index >= 15 is 0 Å². The lowest BCUT2D eigenvalue weighted by atomic mass is 9.96. The van der Waals surface area contributed by atoms with E-state index in [-0.39, 0.29) is 11.9 Å². The number of rotatable bonds is 4. The maximum absolute atomic E-state index is 12.7. The van der Waals surface area contributed by atoms with Crippen LogP contribution in [0.3, 0.4) is 0 Å². The van der Waals surface area contributed by atoms with Crippen LogP contribution in [0.2, 0.25) is 0 Å². The van der Waals surface area contributed by atoms with Gasteiger partial charge in [-0.25, -0.2) is 4.98 Å². The monoisotopic (exact) mass is 291 g/mol. The predicted octanol–water partition coefficient (Wildman–Crippen LogP) is 2.68. The van der Waals surface area contributed by atoms with E-state index in [1.165, 1.54) is 6.42 Å². The number of hydrogen-bond acceptors (Lipinski definition) is 4. The molecule has 1 aliphatic heterocycles. The summed E-state index contributed by atoms with van der Waals surface area (Å²) in [4.78, 5) is 18.8. The SMILES string of the molecule is COc1ccc(N[C@@H](C)C(=O)N2[C@H](C)CCC[C@@H]2C)cn1. The highest BCUT2D eigenvalue weighted by atomic mass is 16.5. The molecule has 1 saturated heterocycles. The molecule has 0 radical (unpaired) electrons. The van der Waals surface area contributed by atoms with E-state index in [9.17, 15) is 4.79 Å². The smallest absolute Gasteiger partial charge is 0.245 e. The molecule has 0 saturated carbocycles. The molecule has 0 unspecified atom stereocenters. The van der Waals surface area contributed by atoms with Gasteiger partial charge in [0.15, 0.2) is 0 Å². The fourth-order valence-corrected chi connectivity index (χ4v) is 2.98. The molecule has 0 bridgehead atoms. The summed E-state index contributed by atoms with van der Waals surface area (Å²) in [7, 11) is 1.58. The van der Waals surface area contributed by atoms with E-state index in [0.717, 1.165) is 18.5 Å². The number of nitrogens with one attached hydrogen (secondary N) is 1. The fourth-order valence-electron chi connectivity index (χ4n) is 2.98. The number of amides is 1. The van der Waals surface area contributed by atoms with Gasteiger partial charge in [0.05, 0.1) is 19.0 Å². The Labute approximate surface area is 126 Å². The zero-order valence-electron chi connectivity index (χ0n) is 13.3. The summed E-state index contributed by atoms with van der Waals surface area (Å²) in [5.41, 5.74) is 0.828. The largest absolute Gasteiger partial charge is 0.481 e. The van der Waals surface area contributed by atoms with Gasteiger partial charge in [-0.15, -0.1) is 0 Å². The number of piperidine rings is 1. The number of carbonyl (C=O) groups is 1. The molecule has 116 valence electrons. The van der Waals surface area contributed by atoms with Crippen LogP contribution in [-0.4, -0.2) is 41.0 Å². The van der Waals surface area contributed by atoms with Gasteiger partial charge < -0.3 is 15.0 Å². The lowest BCUT2D eigenvalue weighted by Crippen LogP contribution is -2.52. The molecule has 2 rings (SSSR count). The minimum absolute atomic E-state index is 0.158. The van der Waals surface area contributed by atoms with Gasteiger partial charge in [-0.1, -0.05) is 0 Å². The van der Waals surface area contributed by atoms with E-state index in [4.69, 9.17) is 4.74 Å². The first-order valence-electron chi connectivity index (χ1n) is 7.61. The van der Waals surface area contributed by atoms with Crippen LogP contribution in [0.4, 0.5) is 5.69 Å². The van der Waals surface area contributed by atoms with Crippen molar-refractivity contribution in [2.75, 3.05) is 12.4 Å². The Balaban J connectivity index is 2.01. The molecule has 2 heterocycles. The summed E-state index contributed by atoms with van der Waals surface area (Å²) in [6.45, 7) is 6.17. The summed E-state index contributed by atoms with van der Waals surface area (Å²) >= 11 is 0. The minimum atomic E-state index is -0.261. The Morgan fingerprint density at radius 1 is 1.38 bits per heavy atom. The van der Waals surface area contributed by atoms with E-state index in [1.54, 1.807) is 19.4 Å². The first kappa shape index (κ1) is 15.6. The molecule has 0 spiro atoms. The Kier molecular flexibility index (Phi) is 5.04. The number of nitrogens with zero attached hydrogens (tertiary/aromatic N) is 2. The van der Waals surface area contributed by atoms with Crippen molar-refractivity contribution < 1.29 is 9.53 Å². The average molecular weight is 291 g/mol. The first-order chi connectivity index (χ1) is 10.0. The fraction of sp³-hybridized carbons (Fsp3) is 0.625. The van der Waals surface area contributed by atoms with E-state index in [2.05, 4.69) is 24.1 Å². The Morgan fingerprint density at radius 2 is 2.05 bits per heavy atom. The van der Waals surface area contributed by atoms with Gasteiger partial charge in [0, 0.05) is 18.2 Å². The number of ether oxygens (including phenoxy) is 1. The van der Waals surface area contributed by atoms with E-state index in [0.29, 0.717) is 18.0 Å². The summed E-state index contributed by atoms with van der Waals surface area (Å²) < 4.78 is 5.03. The summed E-state index contributed by atoms with van der Waals surface area (Å²) in [5, 5.41) is 3.22. The second-order valence-electron chi connectivity index (χ2n) is 5.83. The first-order valence-corrected chi connectivity index (χ1v) is 7.61. The molecule has 21 heavy (non-hydrogen) atoms. The van der Waals surface area contributed by atoms with Gasteiger partial charge in [0.25, 0.3) is 0 Å². The van der Waals surface area contributed by atoms with Gasteiger partial charge in [0.1, 0.15) is 6.04 Å². The number of pyridine rings is 1. The molecule has 1 N–H and O–H groups in total. The summed E-state index contributed by atoms with van der Waals surface area (Å²) in [6, 6.07) is 4.03. The maximum atomic E-state index is 12.7. The van der Waals surface area contributed by atoms with Crippen LogP contribution in [0.25, 0.3) is 0 Å². The molecule has 3 atom stereocenters. The van der Waals surface area contributed by atoms with Crippen molar-refractivity contribution in [3.8, 4) is 5.88 Å². The highest BCUT2D eigenvalue weighted by Gasteiger charge is 2.31. The van der Waals surface area contributed by atoms with Crippen molar-refractivity contribution >= 4 is 11.6 Å². The second-order valence-corrected chi connectivity index (χ2v) is 5.83. The second kappa shape index (κ2) is 6.78. The molecule has 1 aromatic heterocycles. The van der Waals surface area contributed by atoms with Gasteiger partial charge in [-0.3, -0.25) is 4.79 Å². The number of carbonyl (C=O) groups excluding carboxylic acids is 1. The van der Waals surface area contributed by atoms with Gasteiger partial charge in [-0.2, -0.15) is 0 Å². The number of methoxy groups -OCH3 is 1. The third-order valence-corrected chi connectivity index (χ3v) is 4.15. The Hall–Kier alpha value is -1.78. The molecular formula is C16H25N3O2. The molecule has 0 aliphatic carbocycles. The normalized spacial score (nSPS) is 23.5. The van der Waals surface area contributed by atoms with Crippen molar-refractivity contribution in [2.45, 2.75) is 58.2 Å². The molecular weight excluding hydrogens is 266 g/mol. The van der Waals surface area contributed by atoms with Gasteiger partial charge >= 0.3 is 0 Å². The average Bonchev–Trinajstić information content (AvgIpc) is 2.47. The van der Waals surface area contributed by atoms with Gasteiger partial charge in [0.2, 0.25) is 11.8 Å². The number of likely N-dealkylation sites (tertiary alicyclic amines) is 1. The topological polar surface area (TPSA) is 54.5 Å². The van der Waals surface area contributed by atoms with Crippen molar-refractivity contribution in [3.63, 3.8) is 0 Å². The quantitative estimate of drug-likeness (QED) is 0.926. The zero-order valence-corrected chi connectivity index (χ0v) is 13.3. The predicted molar refractivity (Wildman–Crippen MR) is 83.5 cm³/mol. The minimum Gasteiger partial charge on any atom is -0.481 e. The van der Waals surface area contributed by atoms with Crippen LogP contribution in [0.1, 0.15) is 40.0 Å². The molecule has 1 aliphatic rings. The van der Waals surface area contributed by atoms with Crippen LogP contribution in [0.15, 0.2) is 18.3 Å². The third-order valence-electron chi connectivity index (χ3n) is 4.15. The number of aromatic nitrogens is 1. The zero-order chi connectivity index (χ0) is 15.4. The maximum Gasteiger partial charge on any atom is 0.245 e. The highest BCUT2D eigenvalue weighted by molar-refractivity contribution is 5.84. The molecule has 5 nitrogen and oxygen atoms in total. The number of anilines is 1. The van der Waals surface area contributed by atoms with Crippen LogP contribution in [0, 0.1) is 0 Å². The molecule has 1 amide bonds. The van der Waals surface area contributed by atoms with Crippen LogP contribution in [-0.2, 0) is 4.79 Å². The summed E-state index contributed by atoms with van der Waals surface area (Å²) in [6.07, 6.45) is 5.07. The lowest BCUT2D eigenvalue weighted by Gasteiger charge is -2.40. The molecule has 1 aromatic rings. The van der Waals surface area contributed by atoms with Crippen LogP contribution in [0.5, 0.6) is 5.88 Å². The lowest BCUT2D eigenvalue weighted by molar-refractivity contribution is -0.137. The molecule has 1 fully saturated rings. The van der Waals surface area contributed by atoms with Crippen molar-refractivity contribution in [1.82, 2.24) is 9.88 Å². The summed E-state index contributed by atoms with van der Waals surface area (Å²) in [5.74, 6) is 0.725. The standard InChI is InChI=1S/C16H25N3O2/c1-11-6-5-7-12(2)19(11)16(20)13(3)18-14-8-9-15(21-4)17-10-14/h8-13,18H,5-7H2,1-4H3/t11-,12+,13-/m0/s1. The van der Waals surface area contributed by atoms with E-state index < -0.39 is 0 Å². The highest BCUT2D eigenvalue weighted by Crippen LogP contribution is 2.24. The van der Waals surface area contributed by atoms with Crippen molar-refractivity contribution in [1.29, 1.82) is 0 Å². The van der Waals surface area contributed by atoms with Crippen molar-refractivity contribution in [2.24, 2.45) is 0 Å². The van der Waals surface area contributed by atoms with Crippen LogP contribution >= 0.6 is 0 Å². The molecule has 5 heteroatoms. The van der Waals surface area contributed by atoms with Gasteiger partial charge in [-0.05, 0) is 46.1 Å². The third kappa shape index (κ3) is 3.65. The Bertz CT molecular complexity index is 465. The van der Waals surface area contributed by atoms with Crippen LogP contribution < -0.4 is 10.1 Å². The molecule has 0 aromatic carbocycles. The number of hydrogen-bond donors (Lipinski definition) is 1. The van der Waals surface area contributed by atoms with E-state index in [1.807, 2.05) is 17.9 Å².